The summed E-state index contributed by atoms with van der Waals surface area (Å²) in [5, 5.41) is 16.6. The van der Waals surface area contributed by atoms with Crippen molar-refractivity contribution in [3.63, 3.8) is 0 Å². The van der Waals surface area contributed by atoms with Crippen molar-refractivity contribution in [1.29, 1.82) is 0 Å². The Labute approximate surface area is 325 Å². The number of imidazole rings is 1. The van der Waals surface area contributed by atoms with Gasteiger partial charge in [-0.2, -0.15) is 22.0 Å². The summed E-state index contributed by atoms with van der Waals surface area (Å²) in [6.07, 6.45) is 2.48. The van der Waals surface area contributed by atoms with E-state index in [1.54, 1.807) is 25.3 Å². The molecule has 5 unspecified atom stereocenters. The Morgan fingerprint density at radius 1 is 1.02 bits per heavy atom. The molecule has 2 aromatic carbocycles. The lowest BCUT2D eigenvalue weighted by molar-refractivity contribution is -0.135. The topological polar surface area (TPSA) is 119 Å². The Morgan fingerprint density at radius 2 is 1.84 bits per heavy atom. The van der Waals surface area contributed by atoms with Gasteiger partial charge < -0.3 is 24.4 Å². The third kappa shape index (κ3) is 6.26. The average Bonchev–Trinajstić information content (AvgIpc) is 3.88. The molecule has 13 nitrogen and oxygen atoms in total. The number of thioether (sulfide) groups is 1. The fourth-order valence-corrected chi connectivity index (χ4v) is 9.72. The Bertz CT molecular complexity index is 2340. The summed E-state index contributed by atoms with van der Waals surface area (Å²) in [5.41, 5.74) is 2.86. The number of halogens is 3. The van der Waals surface area contributed by atoms with Gasteiger partial charge in [-0.25, -0.2) is 33.1 Å². The van der Waals surface area contributed by atoms with Crippen LogP contribution in [-0.4, -0.2) is 123 Å². The van der Waals surface area contributed by atoms with Crippen molar-refractivity contribution in [2.75, 3.05) is 49.1 Å². The number of hydrazone groups is 2. The summed E-state index contributed by atoms with van der Waals surface area (Å²) in [4.78, 5) is 32.3. The highest BCUT2D eigenvalue weighted by Gasteiger charge is 2.45. The SMILES string of the molecule is C=N/C(=C1/C=NN(c2ccc(F)cc2F)/C1=N/N1C2CSCC1C2)N1CC2CC1C(=O)N(C)CC(OC)Cn1c(C)nc3cc(F)cc(c31)-c1cccc(n1)N2. The highest BCUT2D eigenvalue weighted by atomic mass is 32.2. The van der Waals surface area contributed by atoms with Gasteiger partial charge in [-0.15, -0.1) is 0 Å². The van der Waals surface area contributed by atoms with Gasteiger partial charge in [0.1, 0.15) is 40.8 Å². The van der Waals surface area contributed by atoms with Gasteiger partial charge in [-0.1, -0.05) is 6.07 Å². The molecule has 6 bridgehead atoms. The molecule has 4 aromatic rings. The van der Waals surface area contributed by atoms with E-state index in [1.165, 1.54) is 29.3 Å². The number of hydrogen-bond donors (Lipinski definition) is 1. The lowest BCUT2D eigenvalue weighted by Crippen LogP contribution is -2.59. The van der Waals surface area contributed by atoms with Crippen LogP contribution in [0.3, 0.4) is 0 Å². The van der Waals surface area contributed by atoms with Crippen LogP contribution in [0.15, 0.2) is 75.1 Å². The number of hydrogen-bond acceptors (Lipinski definition) is 11. The summed E-state index contributed by atoms with van der Waals surface area (Å²) in [6, 6.07) is 11.2. The van der Waals surface area contributed by atoms with Gasteiger partial charge >= 0.3 is 0 Å². The first-order chi connectivity index (χ1) is 27.1. The fourth-order valence-electron chi connectivity index (χ4n) is 8.46. The van der Waals surface area contributed by atoms with E-state index in [0.29, 0.717) is 65.2 Å². The van der Waals surface area contributed by atoms with Gasteiger partial charge in [0.05, 0.1) is 53.2 Å². The van der Waals surface area contributed by atoms with Gasteiger partial charge in [0.15, 0.2) is 11.7 Å². The molecule has 0 spiro atoms. The standard InChI is InChI=1S/C39H40F3N11O2S/c1-21-45-32-12-23(41)10-28-31-6-5-7-35(47-31)46-24-13-34(39(54)49(3)17-27(55-4)18-50(21)36(28)32)51(16-24)37(43-2)29-15-44-53(33-9-8-22(40)11-30(33)42)38(29)48-52-25-14-26(52)20-56-19-25/h5-12,15,24-27,34H,2,13-14,16-20H2,1,3-4H3,(H,46,47)/b37-29+,48-38+. The maximum absolute atomic E-state index is 15.4. The number of likely N-dealkylation sites (N-methyl/N-ethyl adjacent to an activating group) is 1. The quantitative estimate of drug-likeness (QED) is 0.277. The van der Waals surface area contributed by atoms with Crippen molar-refractivity contribution < 1.29 is 22.7 Å². The van der Waals surface area contributed by atoms with Crippen molar-refractivity contribution in [3.05, 3.63) is 83.2 Å². The summed E-state index contributed by atoms with van der Waals surface area (Å²) in [7, 11) is 3.34. The monoisotopic (exact) mass is 783 g/mol. The second-order valence-electron chi connectivity index (χ2n) is 14.8. The Morgan fingerprint density at radius 3 is 2.59 bits per heavy atom. The number of fused-ring (bicyclic) bond motifs is 7. The number of amides is 1. The number of methoxy groups -OCH3 is 1. The normalized spacial score (nSPS) is 26.4. The Balaban J connectivity index is 1.14. The molecule has 7 heterocycles. The number of anilines is 2. The fraction of sp³-hybridized carbons (Fsp3) is 0.385. The molecule has 2 aromatic heterocycles. The summed E-state index contributed by atoms with van der Waals surface area (Å²) in [6.45, 7) is 6.71. The van der Waals surface area contributed by atoms with Crippen LogP contribution < -0.4 is 10.3 Å². The number of amidine groups is 1. The molecule has 0 saturated carbocycles. The van der Waals surface area contributed by atoms with Crippen LogP contribution in [0, 0.1) is 24.4 Å². The van der Waals surface area contributed by atoms with E-state index in [1.807, 2.05) is 51.4 Å². The predicted molar refractivity (Wildman–Crippen MR) is 211 cm³/mol. The van der Waals surface area contributed by atoms with Gasteiger partial charge in [0.2, 0.25) is 5.91 Å². The lowest BCUT2D eigenvalue weighted by Gasteiger charge is -2.50. The average molecular weight is 784 g/mol. The van der Waals surface area contributed by atoms with Crippen LogP contribution in [0.1, 0.15) is 18.7 Å². The molecule has 9 rings (SSSR count). The first-order valence-electron chi connectivity index (χ1n) is 18.5. The van der Waals surface area contributed by atoms with Crippen molar-refractivity contribution in [2.24, 2.45) is 15.2 Å². The zero-order valence-electron chi connectivity index (χ0n) is 31.1. The first-order valence-corrected chi connectivity index (χ1v) is 19.7. The molecule has 0 aliphatic carbocycles. The molecule has 1 N–H and O–H groups in total. The summed E-state index contributed by atoms with van der Waals surface area (Å²) < 4.78 is 52.4. The highest BCUT2D eigenvalue weighted by molar-refractivity contribution is 7.99. The minimum absolute atomic E-state index is 0.0260. The largest absolute Gasteiger partial charge is 0.378 e. The van der Waals surface area contributed by atoms with Crippen molar-refractivity contribution in [3.8, 4) is 11.3 Å². The minimum atomic E-state index is -0.795. The number of ether oxygens (including phenoxy) is 1. The zero-order chi connectivity index (χ0) is 38.8. The Kier molecular flexibility index (Phi) is 9.23. The number of aryl methyl sites for hydroxylation is 1. The molecular formula is C39H40F3N11O2S. The predicted octanol–water partition coefficient (Wildman–Crippen LogP) is 5.09. The summed E-state index contributed by atoms with van der Waals surface area (Å²) >= 11 is 1.87. The molecule has 56 heavy (non-hydrogen) atoms. The number of aromatic nitrogens is 3. The highest BCUT2D eigenvalue weighted by Crippen LogP contribution is 2.39. The molecule has 0 radical (unpaired) electrons. The minimum Gasteiger partial charge on any atom is -0.378 e. The van der Waals surface area contributed by atoms with E-state index >= 15 is 8.78 Å². The number of rotatable bonds is 5. The van der Waals surface area contributed by atoms with Crippen LogP contribution in [0.25, 0.3) is 22.3 Å². The van der Waals surface area contributed by atoms with Crippen molar-refractivity contribution in [2.45, 2.75) is 56.6 Å². The first kappa shape index (κ1) is 36.2. The van der Waals surface area contributed by atoms with Crippen molar-refractivity contribution >= 4 is 59.0 Å². The summed E-state index contributed by atoms with van der Waals surface area (Å²) in [5.74, 6) is 1.60. The van der Waals surface area contributed by atoms with Gasteiger partial charge in [-0.3, -0.25) is 9.80 Å². The van der Waals surface area contributed by atoms with Gasteiger partial charge in [0.25, 0.3) is 0 Å². The Hall–Kier alpha value is -5.42. The molecule has 17 heteroatoms. The molecule has 1 amide bonds. The zero-order valence-corrected chi connectivity index (χ0v) is 31.9. The number of carbonyl (C=O) groups excluding carboxylic acids is 1. The number of nitrogens with zero attached hydrogens (tertiary/aromatic N) is 10. The molecule has 5 aliphatic rings. The molecule has 5 atom stereocenters. The molecule has 3 saturated heterocycles. The van der Waals surface area contributed by atoms with Gasteiger partial charge in [-0.05, 0) is 56.8 Å². The lowest BCUT2D eigenvalue weighted by atomic mass is 9.98. The number of benzene rings is 2. The van der Waals surface area contributed by atoms with Crippen LogP contribution >= 0.6 is 11.8 Å². The van der Waals surface area contributed by atoms with E-state index in [9.17, 15) is 9.18 Å². The molecule has 3 fully saturated rings. The van der Waals surface area contributed by atoms with Crippen LogP contribution in [-0.2, 0) is 16.1 Å². The van der Waals surface area contributed by atoms with E-state index in [2.05, 4.69) is 27.1 Å². The maximum atomic E-state index is 15.4. The number of likely N-dealkylation sites (tertiary alicyclic amines) is 1. The van der Waals surface area contributed by atoms with Crippen LogP contribution in [0.5, 0.6) is 0 Å². The van der Waals surface area contributed by atoms with E-state index in [-0.39, 0.29) is 36.3 Å². The van der Waals surface area contributed by atoms with E-state index < -0.39 is 29.6 Å². The smallest absolute Gasteiger partial charge is 0.245 e. The number of aliphatic imine (C=N–C) groups is 1. The van der Waals surface area contributed by atoms with Gasteiger partial charge in [0, 0.05) is 62.5 Å². The third-order valence-electron chi connectivity index (χ3n) is 11.2. The van der Waals surface area contributed by atoms with E-state index in [4.69, 9.17) is 14.8 Å². The second kappa shape index (κ2) is 14.3. The number of nitrogens with one attached hydrogen (secondary N) is 1. The third-order valence-corrected chi connectivity index (χ3v) is 12.4. The number of pyridine rings is 1. The van der Waals surface area contributed by atoms with Crippen LogP contribution in [0.2, 0.25) is 0 Å². The van der Waals surface area contributed by atoms with E-state index in [0.717, 1.165) is 29.5 Å². The maximum Gasteiger partial charge on any atom is 0.245 e. The number of carbonyl (C=O) groups is 1. The second-order valence-corrected chi connectivity index (χ2v) is 15.8. The molecule has 290 valence electrons. The van der Waals surface area contributed by atoms with Crippen LogP contribution in [0.4, 0.5) is 24.7 Å². The van der Waals surface area contributed by atoms with Crippen molar-refractivity contribution in [1.82, 2.24) is 29.3 Å². The molecule has 5 aliphatic heterocycles. The molecular weight excluding hydrogens is 744 g/mol.